The summed E-state index contributed by atoms with van der Waals surface area (Å²) in [7, 11) is 1.96. The molecule has 1 heterocycles. The third kappa shape index (κ3) is 1.83. The molecule has 0 spiro atoms. The molecule has 0 fully saturated rings. The van der Waals surface area contributed by atoms with Gasteiger partial charge in [0.1, 0.15) is 0 Å². The van der Waals surface area contributed by atoms with Gasteiger partial charge in [0.2, 0.25) is 0 Å². The predicted molar refractivity (Wildman–Crippen MR) is 51.1 cm³/mol. The molecule has 66 valence electrons. The molecular weight excluding hydrogens is 148 g/mol. The quantitative estimate of drug-likeness (QED) is 0.721. The minimum absolute atomic E-state index is 0.0146. The molecule has 0 saturated carbocycles. The van der Waals surface area contributed by atoms with Crippen LogP contribution in [0.15, 0.2) is 18.3 Å². The van der Waals surface area contributed by atoms with Crippen LogP contribution in [0.3, 0.4) is 0 Å². The van der Waals surface area contributed by atoms with Crippen LogP contribution in [0.4, 0.5) is 0 Å². The molecule has 0 aliphatic heterocycles. The van der Waals surface area contributed by atoms with Crippen LogP contribution < -0.4 is 5.32 Å². The second kappa shape index (κ2) is 3.23. The summed E-state index contributed by atoms with van der Waals surface area (Å²) in [6.45, 7) is 6.27. The number of aryl methyl sites for hydroxylation is 1. The highest BCUT2D eigenvalue weighted by Crippen LogP contribution is 2.17. The Bertz CT molecular complexity index is 249. The maximum Gasteiger partial charge on any atom is 0.0390 e. The zero-order valence-corrected chi connectivity index (χ0v) is 8.18. The summed E-state index contributed by atoms with van der Waals surface area (Å²) in [5.41, 5.74) is 2.29. The molecule has 0 saturated heterocycles. The minimum Gasteiger partial charge on any atom is -0.311 e. The molecule has 1 N–H and O–H groups in total. The molecule has 0 bridgehead atoms. The van der Waals surface area contributed by atoms with Crippen molar-refractivity contribution < 1.29 is 0 Å². The summed E-state index contributed by atoms with van der Waals surface area (Å²) < 4.78 is 0. The number of nitrogens with one attached hydrogen (secondary N) is 1. The highest BCUT2D eigenvalue weighted by Gasteiger charge is 2.16. The lowest BCUT2D eigenvalue weighted by Crippen LogP contribution is -2.33. The lowest BCUT2D eigenvalue weighted by atomic mass is 9.96. The molecule has 1 aromatic rings. The van der Waals surface area contributed by atoms with Gasteiger partial charge in [0.15, 0.2) is 0 Å². The summed E-state index contributed by atoms with van der Waals surface area (Å²) in [5, 5.41) is 3.24. The fraction of sp³-hybridized carbons (Fsp3) is 0.500. The summed E-state index contributed by atoms with van der Waals surface area (Å²) in [5.74, 6) is 0. The van der Waals surface area contributed by atoms with E-state index in [0.717, 1.165) is 5.69 Å². The lowest BCUT2D eigenvalue weighted by molar-refractivity contribution is 0.443. The van der Waals surface area contributed by atoms with Gasteiger partial charge in [-0.15, -0.1) is 0 Å². The van der Waals surface area contributed by atoms with Gasteiger partial charge in [0.05, 0.1) is 0 Å². The summed E-state index contributed by atoms with van der Waals surface area (Å²) >= 11 is 0. The smallest absolute Gasteiger partial charge is 0.0390 e. The fourth-order valence-corrected chi connectivity index (χ4v) is 0.982. The van der Waals surface area contributed by atoms with E-state index in [4.69, 9.17) is 0 Å². The molecular formula is C10H16N2. The number of rotatable bonds is 2. The van der Waals surface area contributed by atoms with Crippen LogP contribution >= 0.6 is 0 Å². The van der Waals surface area contributed by atoms with Crippen molar-refractivity contribution in [3.8, 4) is 0 Å². The number of hydrogen-bond acceptors (Lipinski definition) is 2. The Balaban J connectivity index is 2.96. The zero-order chi connectivity index (χ0) is 9.19. The van der Waals surface area contributed by atoms with Crippen molar-refractivity contribution in [3.63, 3.8) is 0 Å². The van der Waals surface area contributed by atoms with E-state index < -0.39 is 0 Å². The Kier molecular flexibility index (Phi) is 2.48. The van der Waals surface area contributed by atoms with Gasteiger partial charge in [0, 0.05) is 17.4 Å². The highest BCUT2D eigenvalue weighted by atomic mass is 14.9. The van der Waals surface area contributed by atoms with Gasteiger partial charge in [-0.25, -0.2) is 0 Å². The molecule has 0 aliphatic rings. The Morgan fingerprint density at radius 3 is 2.42 bits per heavy atom. The second-order valence-electron chi connectivity index (χ2n) is 3.56. The predicted octanol–water partition coefficient (Wildman–Crippen LogP) is 1.84. The van der Waals surface area contributed by atoms with Crippen molar-refractivity contribution in [1.82, 2.24) is 10.3 Å². The first-order valence-corrected chi connectivity index (χ1v) is 4.18. The monoisotopic (exact) mass is 164 g/mol. The second-order valence-corrected chi connectivity index (χ2v) is 3.56. The maximum atomic E-state index is 4.25. The normalized spacial score (nSPS) is 11.7. The van der Waals surface area contributed by atoms with E-state index in [1.54, 1.807) is 0 Å². The van der Waals surface area contributed by atoms with Gasteiger partial charge in [-0.3, -0.25) is 4.98 Å². The van der Waals surface area contributed by atoms with Crippen molar-refractivity contribution in [2.45, 2.75) is 26.3 Å². The zero-order valence-electron chi connectivity index (χ0n) is 8.18. The molecule has 2 nitrogen and oxygen atoms in total. The first kappa shape index (κ1) is 9.20. The average molecular weight is 164 g/mol. The van der Waals surface area contributed by atoms with Crippen molar-refractivity contribution in [3.05, 3.63) is 29.6 Å². The molecule has 12 heavy (non-hydrogen) atoms. The van der Waals surface area contributed by atoms with Crippen LogP contribution in [0.1, 0.15) is 25.1 Å². The van der Waals surface area contributed by atoms with Gasteiger partial charge in [-0.2, -0.15) is 0 Å². The Labute approximate surface area is 74.0 Å². The molecule has 0 aromatic carbocycles. The van der Waals surface area contributed by atoms with Crippen LogP contribution in [0.25, 0.3) is 0 Å². The van der Waals surface area contributed by atoms with E-state index in [2.05, 4.69) is 30.2 Å². The molecule has 0 aliphatic carbocycles. The Morgan fingerprint density at radius 1 is 1.33 bits per heavy atom. The largest absolute Gasteiger partial charge is 0.311 e. The molecule has 0 unspecified atom stereocenters. The molecule has 2 heteroatoms. The van der Waals surface area contributed by atoms with Crippen LogP contribution in [0.5, 0.6) is 0 Å². The van der Waals surface area contributed by atoms with Gasteiger partial charge in [-0.1, -0.05) is 6.07 Å². The molecule has 0 atom stereocenters. The van der Waals surface area contributed by atoms with Gasteiger partial charge >= 0.3 is 0 Å². The van der Waals surface area contributed by atoms with Gasteiger partial charge < -0.3 is 5.32 Å². The summed E-state index contributed by atoms with van der Waals surface area (Å²) in [4.78, 5) is 4.25. The van der Waals surface area contributed by atoms with Crippen LogP contribution in [0.2, 0.25) is 0 Å². The van der Waals surface area contributed by atoms with E-state index in [1.807, 2.05) is 26.2 Å². The topological polar surface area (TPSA) is 24.9 Å². The van der Waals surface area contributed by atoms with Crippen molar-refractivity contribution in [2.75, 3.05) is 7.05 Å². The third-order valence-corrected chi connectivity index (χ3v) is 2.26. The minimum atomic E-state index is 0.0146. The number of nitrogens with zero attached hydrogens (tertiary/aromatic N) is 1. The third-order valence-electron chi connectivity index (χ3n) is 2.26. The van der Waals surface area contributed by atoms with E-state index in [1.165, 1.54) is 5.56 Å². The van der Waals surface area contributed by atoms with Gasteiger partial charge in [-0.05, 0) is 39.4 Å². The SMILES string of the molecule is CNC(C)(C)c1ccc(C)nc1. The van der Waals surface area contributed by atoms with E-state index in [-0.39, 0.29) is 5.54 Å². The highest BCUT2D eigenvalue weighted by molar-refractivity contribution is 5.20. The Morgan fingerprint density at radius 2 is 2.00 bits per heavy atom. The molecule has 0 radical (unpaired) electrons. The van der Waals surface area contributed by atoms with Crippen LogP contribution in [-0.4, -0.2) is 12.0 Å². The van der Waals surface area contributed by atoms with Crippen molar-refractivity contribution >= 4 is 0 Å². The molecule has 1 aromatic heterocycles. The van der Waals surface area contributed by atoms with E-state index >= 15 is 0 Å². The van der Waals surface area contributed by atoms with Crippen molar-refractivity contribution in [1.29, 1.82) is 0 Å². The first-order valence-electron chi connectivity index (χ1n) is 4.18. The molecule has 1 rings (SSSR count). The Hall–Kier alpha value is -0.890. The first-order chi connectivity index (χ1) is 5.56. The van der Waals surface area contributed by atoms with Crippen molar-refractivity contribution in [2.24, 2.45) is 0 Å². The number of pyridine rings is 1. The van der Waals surface area contributed by atoms with Crippen LogP contribution in [0, 0.1) is 6.92 Å². The van der Waals surface area contributed by atoms with E-state index in [0.29, 0.717) is 0 Å². The number of aromatic nitrogens is 1. The lowest BCUT2D eigenvalue weighted by Gasteiger charge is -2.24. The van der Waals surface area contributed by atoms with Gasteiger partial charge in [0.25, 0.3) is 0 Å². The van der Waals surface area contributed by atoms with E-state index in [9.17, 15) is 0 Å². The average Bonchev–Trinajstić information content (AvgIpc) is 2.05. The molecule has 0 amide bonds. The standard InChI is InChI=1S/C10H16N2/c1-8-5-6-9(7-12-8)10(2,3)11-4/h5-7,11H,1-4H3. The summed E-state index contributed by atoms with van der Waals surface area (Å²) in [6.07, 6.45) is 1.92. The number of hydrogen-bond donors (Lipinski definition) is 1. The van der Waals surface area contributed by atoms with Crippen LogP contribution in [-0.2, 0) is 5.54 Å². The maximum absolute atomic E-state index is 4.25. The summed E-state index contributed by atoms with van der Waals surface area (Å²) in [6, 6.07) is 4.15. The fourth-order valence-electron chi connectivity index (χ4n) is 0.982.